The fourth-order valence-electron chi connectivity index (χ4n) is 2.76. The molecule has 2 rings (SSSR count). The van der Waals surface area contributed by atoms with E-state index in [-0.39, 0.29) is 35.9 Å². The van der Waals surface area contributed by atoms with E-state index in [0.717, 1.165) is 22.5 Å². The van der Waals surface area contributed by atoms with E-state index in [9.17, 15) is 26.4 Å². The van der Waals surface area contributed by atoms with Crippen molar-refractivity contribution >= 4 is 21.7 Å². The van der Waals surface area contributed by atoms with E-state index in [0.29, 0.717) is 12.0 Å². The number of sulfonamides is 1. The molecule has 0 heterocycles. The molecule has 6 nitrogen and oxygen atoms in total. The molecule has 0 atom stereocenters. The molecule has 0 saturated heterocycles. The van der Waals surface area contributed by atoms with E-state index in [1.54, 1.807) is 6.92 Å². The number of ether oxygens (including phenoxy) is 1. The number of benzene rings is 2. The van der Waals surface area contributed by atoms with Crippen LogP contribution in [0.3, 0.4) is 0 Å². The van der Waals surface area contributed by atoms with E-state index in [1.807, 2.05) is 0 Å². The number of alkyl halides is 3. The Labute approximate surface area is 178 Å². The highest BCUT2D eigenvalue weighted by atomic mass is 32.2. The lowest BCUT2D eigenvalue weighted by molar-refractivity contribution is -0.137. The van der Waals surface area contributed by atoms with Crippen LogP contribution in [0.1, 0.15) is 34.8 Å². The van der Waals surface area contributed by atoms with Gasteiger partial charge in [0.05, 0.1) is 29.1 Å². The molecule has 2 aromatic rings. The summed E-state index contributed by atoms with van der Waals surface area (Å²) in [6.45, 7) is 4.87. The number of carbonyl (C=O) groups is 1. The molecule has 0 aliphatic carbocycles. The molecule has 168 valence electrons. The Hall–Kier alpha value is -3.01. The van der Waals surface area contributed by atoms with Crippen molar-refractivity contribution in [2.45, 2.75) is 26.1 Å². The van der Waals surface area contributed by atoms with Crippen LogP contribution < -0.4 is 9.04 Å². The predicted molar refractivity (Wildman–Crippen MR) is 111 cm³/mol. The van der Waals surface area contributed by atoms with Crippen LogP contribution >= 0.6 is 0 Å². The molecule has 0 aliphatic rings. The molecule has 10 heteroatoms. The largest absolute Gasteiger partial charge is 0.487 e. The van der Waals surface area contributed by atoms with E-state index in [4.69, 9.17) is 9.84 Å². The molecule has 0 aromatic heterocycles. The quantitative estimate of drug-likeness (QED) is 0.522. The smallest absolute Gasteiger partial charge is 0.416 e. The summed E-state index contributed by atoms with van der Waals surface area (Å²) < 4.78 is 71.6. The monoisotopic (exact) mass is 457 g/mol. The first-order chi connectivity index (χ1) is 14.5. The number of halogens is 3. The second kappa shape index (κ2) is 9.86. The van der Waals surface area contributed by atoms with Gasteiger partial charge < -0.3 is 9.84 Å². The summed E-state index contributed by atoms with van der Waals surface area (Å²) in [6, 6.07) is 8.20. The first-order valence-electron chi connectivity index (χ1n) is 9.27. The summed E-state index contributed by atoms with van der Waals surface area (Å²) >= 11 is 0. The SMILES string of the molecule is C=CCN(c1ccc(C(F)(F)F)cc1OCc1ccc(C(=O)O)cc1)S(=O)(=O)CCC. The average molecular weight is 457 g/mol. The molecule has 31 heavy (non-hydrogen) atoms. The predicted octanol–water partition coefficient (Wildman–Crippen LogP) is 4.71. The zero-order valence-electron chi connectivity index (χ0n) is 16.7. The van der Waals surface area contributed by atoms with Crippen LogP contribution in [0.2, 0.25) is 0 Å². The fraction of sp³-hybridized carbons (Fsp3) is 0.286. The van der Waals surface area contributed by atoms with Crippen LogP contribution in [-0.2, 0) is 22.8 Å². The summed E-state index contributed by atoms with van der Waals surface area (Å²) in [5.41, 5.74) is -0.478. The lowest BCUT2D eigenvalue weighted by Crippen LogP contribution is -2.33. The Morgan fingerprint density at radius 2 is 1.84 bits per heavy atom. The number of anilines is 1. The third kappa shape index (κ3) is 6.24. The molecule has 0 spiro atoms. The van der Waals surface area contributed by atoms with Crippen LogP contribution in [0, 0.1) is 0 Å². The lowest BCUT2D eigenvalue weighted by Gasteiger charge is -2.26. The Morgan fingerprint density at radius 3 is 2.35 bits per heavy atom. The van der Waals surface area contributed by atoms with Gasteiger partial charge in [0.1, 0.15) is 12.4 Å². The van der Waals surface area contributed by atoms with Gasteiger partial charge in [-0.3, -0.25) is 4.31 Å². The summed E-state index contributed by atoms with van der Waals surface area (Å²) in [6.07, 6.45) is -2.99. The van der Waals surface area contributed by atoms with E-state index in [1.165, 1.54) is 30.3 Å². The molecule has 0 fully saturated rings. The highest BCUT2D eigenvalue weighted by Gasteiger charge is 2.33. The van der Waals surface area contributed by atoms with Gasteiger partial charge in [-0.25, -0.2) is 13.2 Å². The topological polar surface area (TPSA) is 83.9 Å². The average Bonchev–Trinajstić information content (AvgIpc) is 2.70. The minimum atomic E-state index is -4.65. The Morgan fingerprint density at radius 1 is 1.19 bits per heavy atom. The maximum absolute atomic E-state index is 13.2. The van der Waals surface area contributed by atoms with Crippen molar-refractivity contribution in [3.8, 4) is 5.75 Å². The highest BCUT2D eigenvalue weighted by molar-refractivity contribution is 7.92. The van der Waals surface area contributed by atoms with Crippen molar-refractivity contribution in [1.29, 1.82) is 0 Å². The van der Waals surface area contributed by atoms with Gasteiger partial charge in [-0.1, -0.05) is 25.1 Å². The molecule has 0 unspecified atom stereocenters. The first kappa shape index (κ1) is 24.3. The third-order valence-corrected chi connectivity index (χ3v) is 6.19. The summed E-state index contributed by atoms with van der Waals surface area (Å²) in [5.74, 6) is -1.58. The van der Waals surface area contributed by atoms with Gasteiger partial charge in [0, 0.05) is 0 Å². The molecule has 2 aromatic carbocycles. The Bertz CT molecular complexity index is 1030. The van der Waals surface area contributed by atoms with Crippen molar-refractivity contribution in [3.05, 3.63) is 71.8 Å². The molecule has 0 saturated carbocycles. The second-order valence-corrected chi connectivity index (χ2v) is 8.62. The Kier molecular flexibility index (Phi) is 7.72. The van der Waals surface area contributed by atoms with Crippen molar-refractivity contribution in [3.63, 3.8) is 0 Å². The van der Waals surface area contributed by atoms with Crippen molar-refractivity contribution < 1.29 is 36.2 Å². The van der Waals surface area contributed by atoms with Crippen LogP contribution in [0.25, 0.3) is 0 Å². The molecular weight excluding hydrogens is 435 g/mol. The molecule has 0 amide bonds. The van der Waals surface area contributed by atoms with Crippen molar-refractivity contribution in [2.75, 3.05) is 16.6 Å². The van der Waals surface area contributed by atoms with Crippen LogP contribution in [0.15, 0.2) is 55.1 Å². The van der Waals surface area contributed by atoms with Crippen molar-refractivity contribution in [1.82, 2.24) is 0 Å². The van der Waals surface area contributed by atoms with Gasteiger partial charge in [0.2, 0.25) is 10.0 Å². The summed E-state index contributed by atoms with van der Waals surface area (Å²) in [5, 5.41) is 8.95. The van der Waals surface area contributed by atoms with Gasteiger partial charge in [0.15, 0.2) is 0 Å². The van der Waals surface area contributed by atoms with Gasteiger partial charge in [-0.05, 0) is 42.3 Å². The molecule has 1 N–H and O–H groups in total. The van der Waals surface area contributed by atoms with Gasteiger partial charge in [-0.15, -0.1) is 6.58 Å². The first-order valence-corrected chi connectivity index (χ1v) is 10.9. The second-order valence-electron chi connectivity index (χ2n) is 6.61. The van der Waals surface area contributed by atoms with E-state index in [2.05, 4.69) is 6.58 Å². The maximum Gasteiger partial charge on any atom is 0.416 e. The van der Waals surface area contributed by atoms with Crippen LogP contribution in [-0.4, -0.2) is 31.8 Å². The third-order valence-electron chi connectivity index (χ3n) is 4.24. The van der Waals surface area contributed by atoms with E-state index >= 15 is 0 Å². The molecule has 0 radical (unpaired) electrons. The zero-order valence-corrected chi connectivity index (χ0v) is 17.5. The minimum absolute atomic E-state index is 0.0384. The maximum atomic E-state index is 13.2. The van der Waals surface area contributed by atoms with Crippen molar-refractivity contribution in [2.24, 2.45) is 0 Å². The summed E-state index contributed by atoms with van der Waals surface area (Å²) in [4.78, 5) is 10.9. The van der Waals surface area contributed by atoms with Gasteiger partial charge in [0.25, 0.3) is 0 Å². The molecule has 0 aliphatic heterocycles. The lowest BCUT2D eigenvalue weighted by atomic mass is 10.1. The fourth-order valence-corrected chi connectivity index (χ4v) is 4.28. The Balaban J connectivity index is 2.46. The highest BCUT2D eigenvalue weighted by Crippen LogP contribution is 2.38. The van der Waals surface area contributed by atoms with Gasteiger partial charge >= 0.3 is 12.1 Å². The molecule has 0 bridgehead atoms. The van der Waals surface area contributed by atoms with Crippen LogP contribution in [0.4, 0.5) is 18.9 Å². The van der Waals surface area contributed by atoms with Crippen LogP contribution in [0.5, 0.6) is 5.75 Å². The number of rotatable bonds is 10. The standard InChI is InChI=1S/C21H22F3NO5S/c1-3-11-25(31(28,29)12-4-2)18-10-9-17(21(22,23)24)13-19(18)30-14-15-5-7-16(8-6-15)20(26)27/h3,5-10,13H,1,4,11-12,14H2,2H3,(H,26,27). The number of hydrogen-bond acceptors (Lipinski definition) is 4. The minimum Gasteiger partial charge on any atom is -0.487 e. The number of hydrogen-bond donors (Lipinski definition) is 1. The van der Waals surface area contributed by atoms with E-state index < -0.39 is 27.7 Å². The number of nitrogens with zero attached hydrogens (tertiary/aromatic N) is 1. The summed E-state index contributed by atoms with van der Waals surface area (Å²) in [7, 11) is -3.82. The normalized spacial score (nSPS) is 11.7. The number of carboxylic acids is 1. The number of aromatic carboxylic acids is 1. The number of carboxylic acid groups (broad SMARTS) is 1. The van der Waals surface area contributed by atoms with Gasteiger partial charge in [-0.2, -0.15) is 13.2 Å². The molecular formula is C21H22F3NO5S. The zero-order chi connectivity index (χ0) is 23.2.